The number of carbonyl (C=O) groups excluding carboxylic acids is 1. The van der Waals surface area contributed by atoms with Crippen LogP contribution in [0.5, 0.6) is 5.75 Å². The molecule has 0 saturated heterocycles. The van der Waals surface area contributed by atoms with E-state index in [2.05, 4.69) is 5.32 Å². The summed E-state index contributed by atoms with van der Waals surface area (Å²) in [5.41, 5.74) is 1.55. The molecule has 0 radical (unpaired) electrons. The number of rotatable bonds is 8. The second-order valence-electron chi connectivity index (χ2n) is 7.00. The molecule has 0 aliphatic heterocycles. The zero-order valence-corrected chi connectivity index (χ0v) is 16.0. The van der Waals surface area contributed by atoms with Gasteiger partial charge in [-0.3, -0.25) is 4.79 Å². The van der Waals surface area contributed by atoms with Gasteiger partial charge in [0.1, 0.15) is 17.4 Å². The number of hydrogen-bond donors (Lipinski definition) is 2. The molecular formula is C20H25NO6. The van der Waals surface area contributed by atoms with Crippen molar-refractivity contribution in [3.63, 3.8) is 0 Å². The number of carbonyl (C=O) groups is 2. The number of fused-ring (bicyclic) bond motifs is 1. The van der Waals surface area contributed by atoms with Gasteiger partial charge in [-0.15, -0.1) is 0 Å². The summed E-state index contributed by atoms with van der Waals surface area (Å²) in [7, 11) is 1.50. The normalized spacial score (nSPS) is 12.2. The number of aliphatic carboxylic acids is 1. The van der Waals surface area contributed by atoms with Crippen LogP contribution in [0.15, 0.2) is 27.4 Å². The Morgan fingerprint density at radius 3 is 2.56 bits per heavy atom. The summed E-state index contributed by atoms with van der Waals surface area (Å²) in [6.45, 7) is 5.62. The lowest BCUT2D eigenvalue weighted by molar-refractivity contribution is -0.142. The molecule has 2 aromatic rings. The molecule has 0 saturated carbocycles. The van der Waals surface area contributed by atoms with Gasteiger partial charge in [-0.2, -0.15) is 0 Å². The first-order chi connectivity index (χ1) is 12.7. The van der Waals surface area contributed by atoms with E-state index in [0.29, 0.717) is 24.2 Å². The molecule has 2 N–H and O–H groups in total. The Kier molecular flexibility index (Phi) is 6.60. The Bertz CT molecular complexity index is 899. The predicted octanol–water partition coefficient (Wildman–Crippen LogP) is 2.66. The van der Waals surface area contributed by atoms with Crippen LogP contribution < -0.4 is 15.7 Å². The Labute approximate surface area is 157 Å². The minimum absolute atomic E-state index is 0.125. The summed E-state index contributed by atoms with van der Waals surface area (Å²) in [5, 5.41) is 12.6. The minimum Gasteiger partial charge on any atom is -0.496 e. The van der Waals surface area contributed by atoms with Gasteiger partial charge >= 0.3 is 11.6 Å². The maximum Gasteiger partial charge on any atom is 0.336 e. The molecule has 1 atom stereocenters. The monoisotopic (exact) mass is 375 g/mol. The molecule has 1 aromatic heterocycles. The van der Waals surface area contributed by atoms with Gasteiger partial charge in [0.2, 0.25) is 5.91 Å². The minimum atomic E-state index is -1.04. The van der Waals surface area contributed by atoms with Gasteiger partial charge in [0.25, 0.3) is 0 Å². The van der Waals surface area contributed by atoms with Gasteiger partial charge < -0.3 is 19.6 Å². The lowest BCUT2D eigenvalue weighted by atomic mass is 10.0. The van der Waals surface area contributed by atoms with Crippen molar-refractivity contribution < 1.29 is 23.8 Å². The number of aryl methyl sites for hydroxylation is 2. The van der Waals surface area contributed by atoms with Gasteiger partial charge in [0, 0.05) is 23.9 Å². The summed E-state index contributed by atoms with van der Waals surface area (Å²) in [5.74, 6) is -0.696. The van der Waals surface area contributed by atoms with E-state index in [4.69, 9.17) is 9.15 Å². The van der Waals surface area contributed by atoms with Crippen LogP contribution >= 0.6 is 0 Å². The zero-order chi connectivity index (χ0) is 20.1. The highest BCUT2D eigenvalue weighted by molar-refractivity contribution is 5.85. The van der Waals surface area contributed by atoms with Crippen LogP contribution in [0.1, 0.15) is 37.8 Å². The zero-order valence-electron chi connectivity index (χ0n) is 16.0. The third kappa shape index (κ3) is 5.32. The molecule has 1 unspecified atom stereocenters. The van der Waals surface area contributed by atoms with Crippen LogP contribution in [0.3, 0.4) is 0 Å². The standard InChI is InChI=1S/C20H25NO6/c1-11(2)7-15(20(24)25)21-18(22)6-5-13-9-14-12(3)8-19(23)27-17(14)10-16(13)26-4/h8-11,15H,5-7H2,1-4H3,(H,21,22)(H,24,25). The maximum absolute atomic E-state index is 12.2. The molecule has 0 fully saturated rings. The average molecular weight is 375 g/mol. The molecule has 27 heavy (non-hydrogen) atoms. The van der Waals surface area contributed by atoms with Crippen molar-refractivity contribution >= 4 is 22.8 Å². The Hall–Kier alpha value is -2.83. The van der Waals surface area contributed by atoms with Gasteiger partial charge in [0.15, 0.2) is 0 Å². The molecule has 0 spiro atoms. The summed E-state index contributed by atoms with van der Waals surface area (Å²) in [6, 6.07) is 3.99. The van der Waals surface area contributed by atoms with E-state index in [0.717, 1.165) is 16.5 Å². The molecule has 0 aliphatic carbocycles. The number of carboxylic acids is 1. The van der Waals surface area contributed by atoms with Crippen molar-refractivity contribution in [2.75, 3.05) is 7.11 Å². The number of methoxy groups -OCH3 is 1. The van der Waals surface area contributed by atoms with Crippen molar-refractivity contribution in [1.82, 2.24) is 5.32 Å². The first-order valence-electron chi connectivity index (χ1n) is 8.84. The molecular weight excluding hydrogens is 350 g/mol. The Balaban J connectivity index is 2.16. The van der Waals surface area contributed by atoms with Crippen molar-refractivity contribution in [2.24, 2.45) is 5.92 Å². The topological polar surface area (TPSA) is 106 Å². The fourth-order valence-corrected chi connectivity index (χ4v) is 2.98. The van der Waals surface area contributed by atoms with Crippen LogP contribution in [-0.4, -0.2) is 30.1 Å². The van der Waals surface area contributed by atoms with Crippen molar-refractivity contribution in [3.8, 4) is 5.75 Å². The summed E-state index contributed by atoms with van der Waals surface area (Å²) in [4.78, 5) is 35.0. The Morgan fingerprint density at radius 1 is 1.26 bits per heavy atom. The molecule has 7 nitrogen and oxygen atoms in total. The van der Waals surface area contributed by atoms with E-state index < -0.39 is 17.6 Å². The largest absolute Gasteiger partial charge is 0.496 e. The second-order valence-corrected chi connectivity index (χ2v) is 7.00. The number of hydrogen-bond acceptors (Lipinski definition) is 5. The van der Waals surface area contributed by atoms with Crippen molar-refractivity contribution in [1.29, 1.82) is 0 Å². The van der Waals surface area contributed by atoms with E-state index >= 15 is 0 Å². The van der Waals surface area contributed by atoms with Gasteiger partial charge in [-0.05, 0) is 42.9 Å². The third-order valence-corrected chi connectivity index (χ3v) is 4.31. The molecule has 1 aromatic carbocycles. The number of amides is 1. The molecule has 7 heteroatoms. The SMILES string of the molecule is COc1cc2oc(=O)cc(C)c2cc1CCC(=O)NC(CC(C)C)C(=O)O. The van der Waals surface area contributed by atoms with Crippen molar-refractivity contribution in [2.45, 2.75) is 46.1 Å². The molecule has 1 heterocycles. The quantitative estimate of drug-likeness (QED) is 0.687. The van der Waals surface area contributed by atoms with E-state index in [9.17, 15) is 19.5 Å². The first-order valence-corrected chi connectivity index (χ1v) is 8.84. The van der Waals surface area contributed by atoms with Gasteiger partial charge in [-0.25, -0.2) is 9.59 Å². The van der Waals surface area contributed by atoms with E-state index in [-0.39, 0.29) is 18.2 Å². The number of carboxylic acid groups (broad SMARTS) is 1. The molecule has 1 amide bonds. The number of ether oxygens (including phenoxy) is 1. The molecule has 2 rings (SSSR count). The van der Waals surface area contributed by atoms with Crippen LogP contribution in [0, 0.1) is 12.8 Å². The predicted molar refractivity (Wildman–Crippen MR) is 101 cm³/mol. The maximum atomic E-state index is 12.2. The van der Waals surface area contributed by atoms with Crippen LogP contribution in [-0.2, 0) is 16.0 Å². The van der Waals surface area contributed by atoms with Crippen LogP contribution in [0.4, 0.5) is 0 Å². The fraction of sp³-hybridized carbons (Fsp3) is 0.450. The van der Waals surface area contributed by atoms with E-state index in [1.165, 1.54) is 13.2 Å². The number of nitrogens with one attached hydrogen (secondary N) is 1. The number of benzene rings is 1. The van der Waals surface area contributed by atoms with E-state index in [1.54, 1.807) is 6.07 Å². The second kappa shape index (κ2) is 8.70. The van der Waals surface area contributed by atoms with Gasteiger partial charge in [0.05, 0.1) is 7.11 Å². The lowest BCUT2D eigenvalue weighted by Crippen LogP contribution is -2.41. The molecule has 146 valence electrons. The fourth-order valence-electron chi connectivity index (χ4n) is 2.98. The molecule has 0 bridgehead atoms. The third-order valence-electron chi connectivity index (χ3n) is 4.31. The van der Waals surface area contributed by atoms with E-state index in [1.807, 2.05) is 26.8 Å². The van der Waals surface area contributed by atoms with Crippen LogP contribution in [0.25, 0.3) is 11.0 Å². The average Bonchev–Trinajstić information content (AvgIpc) is 2.58. The van der Waals surface area contributed by atoms with Gasteiger partial charge in [-0.1, -0.05) is 13.8 Å². The Morgan fingerprint density at radius 2 is 1.96 bits per heavy atom. The smallest absolute Gasteiger partial charge is 0.336 e. The summed E-state index contributed by atoms with van der Waals surface area (Å²) in [6.07, 6.45) is 0.871. The van der Waals surface area contributed by atoms with Crippen molar-refractivity contribution in [3.05, 3.63) is 39.7 Å². The molecule has 0 aliphatic rings. The highest BCUT2D eigenvalue weighted by atomic mass is 16.5. The lowest BCUT2D eigenvalue weighted by Gasteiger charge is -2.17. The summed E-state index contributed by atoms with van der Waals surface area (Å²) >= 11 is 0. The van der Waals surface area contributed by atoms with Crippen LogP contribution in [0.2, 0.25) is 0 Å². The highest BCUT2D eigenvalue weighted by Gasteiger charge is 2.21. The highest BCUT2D eigenvalue weighted by Crippen LogP contribution is 2.28. The summed E-state index contributed by atoms with van der Waals surface area (Å²) < 4.78 is 10.6. The first kappa shape index (κ1) is 20.5.